The number of aliphatic hydroxyl groups excluding tert-OH is 1. The van der Waals surface area contributed by atoms with Gasteiger partial charge in [-0.1, -0.05) is 37.1 Å². The fraction of sp³-hybridized carbons (Fsp3) is 0.296. The van der Waals surface area contributed by atoms with Gasteiger partial charge in [-0.3, -0.25) is 9.69 Å². The zero-order valence-electron chi connectivity index (χ0n) is 21.1. The molecule has 10 nitrogen and oxygen atoms in total. The molecule has 200 valence electrons. The number of aryl methyl sites for hydroxylation is 1. The summed E-state index contributed by atoms with van der Waals surface area (Å²) in [7, 11) is 0. The Hall–Kier alpha value is -4.02. The summed E-state index contributed by atoms with van der Waals surface area (Å²) in [5.41, 5.74) is 8.35. The van der Waals surface area contributed by atoms with Crippen molar-refractivity contribution in [2.24, 2.45) is 5.73 Å². The lowest BCUT2D eigenvalue weighted by atomic mass is 10.1. The van der Waals surface area contributed by atoms with Crippen LogP contribution in [-0.4, -0.2) is 35.2 Å². The van der Waals surface area contributed by atoms with Crippen LogP contribution in [0.2, 0.25) is 5.02 Å². The Kier molecular flexibility index (Phi) is 8.23. The number of carbonyl (C=O) groups excluding carboxylic acids is 2. The summed E-state index contributed by atoms with van der Waals surface area (Å²) in [6.45, 7) is 4.13. The van der Waals surface area contributed by atoms with E-state index in [0.29, 0.717) is 45.4 Å². The normalized spacial score (nSPS) is 14.9. The Morgan fingerprint density at radius 2 is 2.05 bits per heavy atom. The second kappa shape index (κ2) is 11.6. The first-order valence-corrected chi connectivity index (χ1v) is 12.6. The minimum atomic E-state index is -0.969. The molecule has 0 aliphatic carbocycles. The number of primary amides is 1. The molecule has 4 rings (SSSR count). The number of fused-ring (bicyclic) bond motifs is 1. The van der Waals surface area contributed by atoms with Crippen LogP contribution in [0.4, 0.5) is 21.9 Å². The van der Waals surface area contributed by atoms with Crippen molar-refractivity contribution >= 4 is 40.7 Å². The monoisotopic (exact) mass is 539 g/mol. The minimum Gasteiger partial charge on any atom is -0.462 e. The Labute approximate surface area is 224 Å². The van der Waals surface area contributed by atoms with Gasteiger partial charge in [-0.15, -0.1) is 0 Å². The number of hydrogen-bond donors (Lipinski definition) is 5. The highest BCUT2D eigenvalue weighted by atomic mass is 35.5. The number of esters is 1. The maximum Gasteiger partial charge on any atom is 0.338 e. The second-order valence-corrected chi connectivity index (χ2v) is 9.46. The number of H-pyrrole nitrogens is 1. The molecule has 0 radical (unpaired) electrons. The maximum atomic E-state index is 13.0. The van der Waals surface area contributed by atoms with Crippen LogP contribution in [0.15, 0.2) is 53.5 Å². The number of anilines is 3. The Morgan fingerprint density at radius 3 is 2.76 bits per heavy atom. The number of ether oxygens (including phenoxy) is 1. The number of nitrogens with two attached hydrogens (primary N) is 1. The third-order valence-corrected chi connectivity index (χ3v) is 6.52. The summed E-state index contributed by atoms with van der Waals surface area (Å²) < 4.78 is 5.34. The van der Waals surface area contributed by atoms with Crippen molar-refractivity contribution in [3.05, 3.63) is 86.3 Å². The average molecular weight is 540 g/mol. The van der Waals surface area contributed by atoms with E-state index in [9.17, 15) is 19.5 Å². The summed E-state index contributed by atoms with van der Waals surface area (Å²) in [5, 5.41) is 17.4. The molecule has 2 aromatic carbocycles. The number of nitrogens with one attached hydrogen (secondary N) is 3. The largest absolute Gasteiger partial charge is 0.462 e. The third kappa shape index (κ3) is 5.61. The SMILES string of the molecule is CCCCOC(=O)c1cc(C)c2c(c1)NC(c1c(NCC(O)c3cccc(Cl)c3)cc[nH]c1=O)N2C(N)=O. The van der Waals surface area contributed by atoms with Crippen LogP contribution in [0.3, 0.4) is 0 Å². The molecule has 2 heterocycles. The van der Waals surface area contributed by atoms with Gasteiger partial charge in [0.15, 0.2) is 0 Å². The molecule has 2 amide bonds. The number of nitrogens with zero attached hydrogens (tertiary/aromatic N) is 1. The maximum absolute atomic E-state index is 13.0. The predicted octanol–water partition coefficient (Wildman–Crippen LogP) is 4.45. The van der Waals surface area contributed by atoms with Crippen LogP contribution in [0.25, 0.3) is 0 Å². The number of aromatic nitrogens is 1. The molecule has 0 fully saturated rings. The van der Waals surface area contributed by atoms with Gasteiger partial charge < -0.3 is 31.2 Å². The molecule has 2 atom stereocenters. The van der Waals surface area contributed by atoms with Gasteiger partial charge in [0, 0.05) is 23.5 Å². The summed E-state index contributed by atoms with van der Waals surface area (Å²) >= 11 is 6.04. The van der Waals surface area contributed by atoms with Crippen molar-refractivity contribution in [2.45, 2.75) is 39.0 Å². The molecule has 0 saturated carbocycles. The fourth-order valence-corrected chi connectivity index (χ4v) is 4.65. The number of aliphatic hydroxyl groups is 1. The van der Waals surface area contributed by atoms with Crippen LogP contribution in [0.1, 0.15) is 59.1 Å². The van der Waals surface area contributed by atoms with Gasteiger partial charge in [-0.2, -0.15) is 0 Å². The van der Waals surface area contributed by atoms with E-state index in [4.69, 9.17) is 22.1 Å². The van der Waals surface area contributed by atoms with Crippen LogP contribution < -0.4 is 26.8 Å². The van der Waals surface area contributed by atoms with E-state index in [1.54, 1.807) is 49.4 Å². The van der Waals surface area contributed by atoms with Crippen LogP contribution in [-0.2, 0) is 4.74 Å². The van der Waals surface area contributed by atoms with Gasteiger partial charge in [-0.25, -0.2) is 9.59 Å². The average Bonchev–Trinajstić information content (AvgIpc) is 3.27. The van der Waals surface area contributed by atoms with Crippen molar-refractivity contribution in [3.63, 3.8) is 0 Å². The van der Waals surface area contributed by atoms with Gasteiger partial charge in [0.25, 0.3) is 5.56 Å². The lowest BCUT2D eigenvalue weighted by Gasteiger charge is -2.25. The van der Waals surface area contributed by atoms with Crippen molar-refractivity contribution < 1.29 is 19.4 Å². The molecule has 2 unspecified atom stereocenters. The molecule has 0 saturated heterocycles. The van der Waals surface area contributed by atoms with Crippen LogP contribution >= 0.6 is 11.6 Å². The number of unbranched alkanes of at least 4 members (excludes halogenated alkanes) is 1. The van der Waals surface area contributed by atoms with E-state index in [-0.39, 0.29) is 12.1 Å². The summed E-state index contributed by atoms with van der Waals surface area (Å²) in [6, 6.07) is 10.9. The van der Waals surface area contributed by atoms with Crippen LogP contribution in [0, 0.1) is 6.92 Å². The minimum absolute atomic E-state index is 0.0693. The quantitative estimate of drug-likeness (QED) is 0.199. The van der Waals surface area contributed by atoms with E-state index < -0.39 is 29.8 Å². The highest BCUT2D eigenvalue weighted by Gasteiger charge is 2.38. The molecular weight excluding hydrogens is 510 g/mol. The molecule has 38 heavy (non-hydrogen) atoms. The zero-order valence-corrected chi connectivity index (χ0v) is 21.8. The van der Waals surface area contributed by atoms with E-state index >= 15 is 0 Å². The Morgan fingerprint density at radius 1 is 1.26 bits per heavy atom. The molecule has 1 aromatic heterocycles. The highest BCUT2D eigenvalue weighted by molar-refractivity contribution is 6.30. The number of urea groups is 1. The summed E-state index contributed by atoms with van der Waals surface area (Å²) in [4.78, 5) is 42.2. The number of aromatic amines is 1. The van der Waals surface area contributed by atoms with Gasteiger partial charge in [0.2, 0.25) is 0 Å². The molecule has 0 spiro atoms. The number of hydrogen-bond acceptors (Lipinski definition) is 7. The smallest absolute Gasteiger partial charge is 0.338 e. The van der Waals surface area contributed by atoms with Gasteiger partial charge in [0.1, 0.15) is 6.17 Å². The number of carbonyl (C=O) groups is 2. The zero-order chi connectivity index (χ0) is 27.4. The molecular formula is C27H30ClN5O5. The van der Waals surface area contributed by atoms with Crippen LogP contribution in [0.5, 0.6) is 0 Å². The van der Waals surface area contributed by atoms with E-state index in [2.05, 4.69) is 15.6 Å². The Balaban J connectivity index is 1.65. The summed E-state index contributed by atoms with van der Waals surface area (Å²) in [5.74, 6) is -0.477. The lowest BCUT2D eigenvalue weighted by molar-refractivity contribution is 0.0499. The van der Waals surface area contributed by atoms with Crippen molar-refractivity contribution in [2.75, 3.05) is 28.7 Å². The number of halogens is 1. The number of benzene rings is 2. The standard InChI is InChI=1S/C27H30ClN5O5/c1-3-4-10-38-26(36)17-11-15(2)23-20(13-17)32-24(33(23)27(29)37)22-19(8-9-30-25(22)35)31-14-21(34)16-6-5-7-18(28)12-16/h5-9,11-13,21,24,32,34H,3-4,10,14H2,1-2H3,(H2,29,37)(H2,30,31,35). The molecule has 1 aliphatic rings. The van der Waals surface area contributed by atoms with E-state index in [1.807, 2.05) is 6.92 Å². The first-order chi connectivity index (χ1) is 18.2. The Bertz CT molecular complexity index is 1410. The predicted molar refractivity (Wildman–Crippen MR) is 147 cm³/mol. The first kappa shape index (κ1) is 27.0. The number of pyridine rings is 1. The van der Waals surface area contributed by atoms with Crippen molar-refractivity contribution in [1.29, 1.82) is 0 Å². The highest BCUT2D eigenvalue weighted by Crippen LogP contribution is 2.44. The molecule has 0 bridgehead atoms. The lowest BCUT2D eigenvalue weighted by Crippen LogP contribution is -2.41. The molecule has 1 aliphatic heterocycles. The third-order valence-electron chi connectivity index (χ3n) is 6.29. The first-order valence-electron chi connectivity index (χ1n) is 12.3. The number of amides is 2. The van der Waals surface area contributed by atoms with Crippen molar-refractivity contribution in [3.8, 4) is 0 Å². The number of rotatable bonds is 9. The fourth-order valence-electron chi connectivity index (χ4n) is 4.45. The summed E-state index contributed by atoms with van der Waals surface area (Å²) in [6.07, 6.45) is 1.23. The molecule has 11 heteroatoms. The molecule has 3 aromatic rings. The van der Waals surface area contributed by atoms with E-state index in [0.717, 1.165) is 12.8 Å². The van der Waals surface area contributed by atoms with Gasteiger partial charge in [-0.05, 0) is 54.8 Å². The topological polar surface area (TPSA) is 150 Å². The van der Waals surface area contributed by atoms with E-state index in [1.165, 1.54) is 11.1 Å². The molecule has 6 N–H and O–H groups in total. The van der Waals surface area contributed by atoms with Gasteiger partial charge >= 0.3 is 12.0 Å². The van der Waals surface area contributed by atoms with Crippen molar-refractivity contribution in [1.82, 2.24) is 4.98 Å². The second-order valence-electron chi connectivity index (χ2n) is 9.02. The van der Waals surface area contributed by atoms with Gasteiger partial charge in [0.05, 0.1) is 35.2 Å².